The molecule has 6 nitrogen and oxygen atoms in total. The predicted molar refractivity (Wildman–Crippen MR) is 118 cm³/mol. The summed E-state index contributed by atoms with van der Waals surface area (Å²) in [6.45, 7) is 1.87. The molecule has 0 aliphatic carbocycles. The lowest BCUT2D eigenvalue weighted by Gasteiger charge is -2.19. The summed E-state index contributed by atoms with van der Waals surface area (Å²) in [4.78, 5) is 24.2. The average molecular weight is 425 g/mol. The number of nitro groups is 1. The minimum absolute atomic E-state index is 0.0746. The molecule has 0 fully saturated rings. The SMILES string of the molecule is CCCCc1ccc(C(NC(=O)COc2ccccc2[N+](=O)[O-])c2cccs2)cc1. The van der Waals surface area contributed by atoms with E-state index in [1.807, 2.05) is 29.6 Å². The summed E-state index contributed by atoms with van der Waals surface area (Å²) in [5.41, 5.74) is 2.09. The van der Waals surface area contributed by atoms with E-state index in [2.05, 4.69) is 24.4 Å². The number of benzene rings is 2. The Morgan fingerprint density at radius 2 is 1.90 bits per heavy atom. The highest BCUT2D eigenvalue weighted by atomic mass is 32.1. The molecular formula is C23H24N2O4S. The Bertz CT molecular complexity index is 971. The number of nitro benzene ring substituents is 1. The third-order valence-corrected chi connectivity index (χ3v) is 5.62. The lowest BCUT2D eigenvalue weighted by molar-refractivity contribution is -0.385. The van der Waals surface area contributed by atoms with Gasteiger partial charge in [0.05, 0.1) is 11.0 Å². The van der Waals surface area contributed by atoms with Crippen LogP contribution in [0.5, 0.6) is 5.75 Å². The molecule has 156 valence electrons. The van der Waals surface area contributed by atoms with Crippen LogP contribution in [0, 0.1) is 10.1 Å². The molecule has 0 saturated carbocycles. The molecule has 0 aliphatic rings. The van der Waals surface area contributed by atoms with Crippen molar-refractivity contribution in [2.75, 3.05) is 6.61 Å². The van der Waals surface area contributed by atoms with Gasteiger partial charge in [0.2, 0.25) is 0 Å². The second kappa shape index (κ2) is 10.5. The molecule has 1 heterocycles. The number of nitrogens with zero attached hydrogens (tertiary/aromatic N) is 1. The van der Waals surface area contributed by atoms with E-state index in [9.17, 15) is 14.9 Å². The minimum atomic E-state index is -0.526. The minimum Gasteiger partial charge on any atom is -0.477 e. The van der Waals surface area contributed by atoms with Crippen molar-refractivity contribution in [1.82, 2.24) is 5.32 Å². The van der Waals surface area contributed by atoms with Gasteiger partial charge >= 0.3 is 5.69 Å². The van der Waals surface area contributed by atoms with Crippen molar-refractivity contribution in [1.29, 1.82) is 0 Å². The fraction of sp³-hybridized carbons (Fsp3) is 0.261. The quantitative estimate of drug-likeness (QED) is 0.354. The maximum absolute atomic E-state index is 12.6. The molecule has 1 unspecified atom stereocenters. The van der Waals surface area contributed by atoms with Crippen LogP contribution in [-0.2, 0) is 11.2 Å². The highest BCUT2D eigenvalue weighted by molar-refractivity contribution is 7.10. The van der Waals surface area contributed by atoms with Gasteiger partial charge in [-0.15, -0.1) is 11.3 Å². The largest absolute Gasteiger partial charge is 0.477 e. The first-order valence-electron chi connectivity index (χ1n) is 9.86. The number of aryl methyl sites for hydroxylation is 1. The summed E-state index contributed by atoms with van der Waals surface area (Å²) in [7, 11) is 0. The Morgan fingerprint density at radius 3 is 2.57 bits per heavy atom. The van der Waals surface area contributed by atoms with Gasteiger partial charge in [0, 0.05) is 10.9 Å². The van der Waals surface area contributed by atoms with Crippen LogP contribution in [0.3, 0.4) is 0 Å². The van der Waals surface area contributed by atoms with Gasteiger partial charge in [-0.25, -0.2) is 0 Å². The molecule has 0 saturated heterocycles. The fourth-order valence-electron chi connectivity index (χ4n) is 3.11. The highest BCUT2D eigenvalue weighted by Gasteiger charge is 2.20. The normalized spacial score (nSPS) is 11.6. The standard InChI is InChI=1S/C23H24N2O4S/c1-2-3-7-17-11-13-18(14-12-17)23(21-10-6-15-30-21)24-22(26)16-29-20-9-5-4-8-19(20)25(27)28/h4-6,8-15,23H,2-3,7,16H2,1H3,(H,24,26). The number of nitrogens with one attached hydrogen (secondary N) is 1. The second-order valence-corrected chi connectivity index (χ2v) is 7.85. The molecule has 3 aromatic rings. The molecule has 0 bridgehead atoms. The van der Waals surface area contributed by atoms with Gasteiger partial charge in [-0.1, -0.05) is 55.8 Å². The summed E-state index contributed by atoms with van der Waals surface area (Å²) < 4.78 is 5.43. The number of para-hydroxylation sites is 2. The van der Waals surface area contributed by atoms with Crippen molar-refractivity contribution in [2.24, 2.45) is 0 Å². The number of unbranched alkanes of at least 4 members (excludes halogenated alkanes) is 1. The van der Waals surface area contributed by atoms with Crippen LogP contribution in [0.2, 0.25) is 0 Å². The van der Waals surface area contributed by atoms with Gasteiger partial charge in [-0.2, -0.15) is 0 Å². The van der Waals surface area contributed by atoms with Crippen LogP contribution in [0.25, 0.3) is 0 Å². The lowest BCUT2D eigenvalue weighted by Crippen LogP contribution is -2.33. The van der Waals surface area contributed by atoms with E-state index in [1.54, 1.807) is 23.5 Å². The van der Waals surface area contributed by atoms with Crippen molar-refractivity contribution in [3.63, 3.8) is 0 Å². The molecule has 0 aliphatic heterocycles. The molecule has 1 N–H and O–H groups in total. The molecule has 0 spiro atoms. The van der Waals surface area contributed by atoms with Gasteiger partial charge in [-0.3, -0.25) is 14.9 Å². The Hall–Kier alpha value is -3.19. The van der Waals surface area contributed by atoms with Gasteiger partial charge in [0.15, 0.2) is 12.4 Å². The van der Waals surface area contributed by atoms with Gasteiger partial charge < -0.3 is 10.1 Å². The van der Waals surface area contributed by atoms with E-state index < -0.39 is 4.92 Å². The molecule has 3 rings (SSSR count). The van der Waals surface area contributed by atoms with Crippen molar-refractivity contribution < 1.29 is 14.5 Å². The van der Waals surface area contributed by atoms with E-state index in [0.717, 1.165) is 29.7 Å². The molecular weight excluding hydrogens is 400 g/mol. The number of hydrogen-bond acceptors (Lipinski definition) is 5. The van der Waals surface area contributed by atoms with Crippen LogP contribution < -0.4 is 10.1 Å². The van der Waals surface area contributed by atoms with Crippen LogP contribution in [-0.4, -0.2) is 17.4 Å². The summed E-state index contributed by atoms with van der Waals surface area (Å²) in [5, 5.41) is 16.1. The Kier molecular flexibility index (Phi) is 7.57. The topological polar surface area (TPSA) is 81.5 Å². The second-order valence-electron chi connectivity index (χ2n) is 6.87. The van der Waals surface area contributed by atoms with E-state index >= 15 is 0 Å². The van der Waals surface area contributed by atoms with Crippen LogP contribution in [0.15, 0.2) is 66.0 Å². The molecule has 30 heavy (non-hydrogen) atoms. The maximum atomic E-state index is 12.6. The first-order chi connectivity index (χ1) is 14.6. The van der Waals surface area contributed by atoms with Crippen LogP contribution in [0.4, 0.5) is 5.69 Å². The van der Waals surface area contributed by atoms with E-state index in [0.29, 0.717) is 0 Å². The average Bonchev–Trinajstić information content (AvgIpc) is 3.30. The highest BCUT2D eigenvalue weighted by Crippen LogP contribution is 2.28. The predicted octanol–water partition coefficient (Wildman–Crippen LogP) is 5.28. The number of ether oxygens (including phenoxy) is 1. The number of rotatable bonds is 10. The van der Waals surface area contributed by atoms with Crippen molar-refractivity contribution in [3.05, 3.63) is 92.2 Å². The zero-order valence-electron chi connectivity index (χ0n) is 16.7. The van der Waals surface area contributed by atoms with Gasteiger partial charge in [0.1, 0.15) is 0 Å². The summed E-state index contributed by atoms with van der Waals surface area (Å²) >= 11 is 1.56. The molecule has 2 aromatic carbocycles. The zero-order valence-corrected chi connectivity index (χ0v) is 17.6. The third-order valence-electron chi connectivity index (χ3n) is 4.69. The van der Waals surface area contributed by atoms with Gasteiger partial charge in [0.25, 0.3) is 5.91 Å². The lowest BCUT2D eigenvalue weighted by atomic mass is 10.0. The Balaban J connectivity index is 1.70. The molecule has 0 radical (unpaired) electrons. The smallest absolute Gasteiger partial charge is 0.310 e. The van der Waals surface area contributed by atoms with Crippen molar-refractivity contribution in [3.8, 4) is 5.75 Å². The zero-order chi connectivity index (χ0) is 21.3. The Morgan fingerprint density at radius 1 is 1.13 bits per heavy atom. The number of hydrogen-bond donors (Lipinski definition) is 1. The van der Waals surface area contributed by atoms with E-state index in [-0.39, 0.29) is 30.0 Å². The third kappa shape index (κ3) is 5.67. The van der Waals surface area contributed by atoms with Crippen LogP contribution >= 0.6 is 11.3 Å². The van der Waals surface area contributed by atoms with E-state index in [4.69, 9.17) is 4.74 Å². The summed E-state index contributed by atoms with van der Waals surface area (Å²) in [5.74, 6) is -0.271. The number of thiophene rings is 1. The number of carbonyl (C=O) groups is 1. The number of amides is 1. The van der Waals surface area contributed by atoms with Gasteiger partial charge in [-0.05, 0) is 41.5 Å². The first kappa shape index (κ1) is 21.5. The number of carbonyl (C=O) groups excluding carboxylic acids is 1. The summed E-state index contributed by atoms with van der Waals surface area (Å²) in [6, 6.07) is 17.9. The Labute approximate surface area is 179 Å². The van der Waals surface area contributed by atoms with Crippen molar-refractivity contribution in [2.45, 2.75) is 32.2 Å². The molecule has 1 amide bonds. The van der Waals surface area contributed by atoms with Crippen LogP contribution in [0.1, 0.15) is 41.8 Å². The molecule has 1 aromatic heterocycles. The molecule has 7 heteroatoms. The van der Waals surface area contributed by atoms with Crippen molar-refractivity contribution >= 4 is 22.9 Å². The monoisotopic (exact) mass is 424 g/mol. The maximum Gasteiger partial charge on any atom is 0.310 e. The fourth-order valence-corrected chi connectivity index (χ4v) is 3.91. The van der Waals surface area contributed by atoms with E-state index in [1.165, 1.54) is 17.7 Å². The first-order valence-corrected chi connectivity index (χ1v) is 10.7. The summed E-state index contributed by atoms with van der Waals surface area (Å²) in [6.07, 6.45) is 3.33. The molecule has 1 atom stereocenters.